The van der Waals surface area contributed by atoms with E-state index in [4.69, 9.17) is 14.6 Å². The fourth-order valence-electron chi connectivity index (χ4n) is 2.15. The van der Waals surface area contributed by atoms with E-state index in [1.165, 1.54) is 0 Å². The van der Waals surface area contributed by atoms with E-state index >= 15 is 0 Å². The van der Waals surface area contributed by atoms with Gasteiger partial charge in [0, 0.05) is 6.54 Å². The van der Waals surface area contributed by atoms with Gasteiger partial charge in [0.25, 0.3) is 0 Å². The van der Waals surface area contributed by atoms with Crippen LogP contribution in [0.15, 0.2) is 41.3 Å². The Balaban J connectivity index is 1.81. The molecule has 0 fully saturated rings. The van der Waals surface area contributed by atoms with E-state index in [0.717, 1.165) is 18.2 Å². The number of rotatable bonds is 5. The molecule has 0 saturated heterocycles. The number of hydrogen-bond donors (Lipinski definition) is 2. The average molecular weight is 353 g/mol. The zero-order chi connectivity index (χ0) is 17.3. The third-order valence-corrected chi connectivity index (χ3v) is 4.79. The molecule has 1 aliphatic rings. The van der Waals surface area contributed by atoms with Gasteiger partial charge < -0.3 is 14.6 Å². The quantitative estimate of drug-likeness (QED) is 0.849. The number of carboxylic acids is 1. The highest BCUT2D eigenvalue weighted by Crippen LogP contribution is 2.32. The largest absolute Gasteiger partial charge is 0.478 e. The third kappa shape index (κ3) is 3.17. The second kappa shape index (κ2) is 6.10. The number of benzene rings is 2. The Morgan fingerprint density at radius 2 is 1.92 bits per heavy atom. The van der Waals surface area contributed by atoms with Crippen molar-refractivity contribution in [2.45, 2.75) is 11.4 Å². The van der Waals surface area contributed by atoms with Crippen molar-refractivity contribution in [1.82, 2.24) is 4.72 Å². The van der Waals surface area contributed by atoms with Gasteiger partial charge >= 0.3 is 5.97 Å². The van der Waals surface area contributed by atoms with Gasteiger partial charge in [-0.15, -0.1) is 0 Å². The first kappa shape index (κ1) is 16.2. The van der Waals surface area contributed by atoms with Gasteiger partial charge in [-0.05, 0) is 35.9 Å². The van der Waals surface area contributed by atoms with E-state index in [2.05, 4.69) is 4.72 Å². The summed E-state index contributed by atoms with van der Waals surface area (Å²) in [6, 6.07) is 7.46. The Hall–Kier alpha value is -2.65. The molecule has 0 aliphatic carbocycles. The first-order chi connectivity index (χ1) is 11.4. The standard InChI is InChI=1S/C15H12FNO6S/c16-11-3-2-10(15(18)19)6-14(11)24(20,21)17-7-9-1-4-12-13(5-9)23-8-22-12/h1-6,17H,7-8H2,(H,18,19). The smallest absolute Gasteiger partial charge is 0.335 e. The minimum absolute atomic E-state index is 0.0949. The number of carbonyl (C=O) groups is 1. The molecule has 1 aliphatic heterocycles. The number of hydrogen-bond acceptors (Lipinski definition) is 5. The molecule has 2 aromatic carbocycles. The molecule has 2 N–H and O–H groups in total. The SMILES string of the molecule is O=C(O)c1ccc(F)c(S(=O)(=O)NCc2ccc3c(c2)OCO3)c1. The van der Waals surface area contributed by atoms with Gasteiger partial charge in [-0.2, -0.15) is 0 Å². The van der Waals surface area contributed by atoms with Crippen molar-refractivity contribution in [3.63, 3.8) is 0 Å². The van der Waals surface area contributed by atoms with E-state index in [1.807, 2.05) is 0 Å². The summed E-state index contributed by atoms with van der Waals surface area (Å²) < 4.78 is 50.8. The number of ether oxygens (including phenoxy) is 2. The van der Waals surface area contributed by atoms with Gasteiger partial charge in [0.15, 0.2) is 11.5 Å². The van der Waals surface area contributed by atoms with Crippen LogP contribution >= 0.6 is 0 Å². The zero-order valence-electron chi connectivity index (χ0n) is 12.2. The van der Waals surface area contributed by atoms with Gasteiger partial charge in [-0.3, -0.25) is 0 Å². The third-order valence-electron chi connectivity index (χ3n) is 3.37. The Morgan fingerprint density at radius 1 is 1.17 bits per heavy atom. The highest BCUT2D eigenvalue weighted by atomic mass is 32.2. The summed E-state index contributed by atoms with van der Waals surface area (Å²) in [6.45, 7) is -0.0204. The second-order valence-electron chi connectivity index (χ2n) is 4.96. The van der Waals surface area contributed by atoms with Gasteiger partial charge in [0.1, 0.15) is 10.7 Å². The summed E-state index contributed by atoms with van der Waals surface area (Å²) in [4.78, 5) is 10.2. The van der Waals surface area contributed by atoms with Gasteiger partial charge in [0.2, 0.25) is 16.8 Å². The highest BCUT2D eigenvalue weighted by molar-refractivity contribution is 7.89. The summed E-state index contributed by atoms with van der Waals surface area (Å²) in [6.07, 6.45) is 0. The normalized spacial score (nSPS) is 13.0. The molecule has 2 aromatic rings. The molecule has 0 spiro atoms. The van der Waals surface area contributed by atoms with Crippen LogP contribution in [-0.2, 0) is 16.6 Å². The van der Waals surface area contributed by atoms with Gasteiger partial charge in [-0.25, -0.2) is 22.3 Å². The molecule has 0 unspecified atom stereocenters. The molecule has 1 heterocycles. The van der Waals surface area contributed by atoms with Crippen LogP contribution < -0.4 is 14.2 Å². The number of fused-ring (bicyclic) bond motifs is 1. The Bertz CT molecular complexity index is 912. The molecular weight excluding hydrogens is 341 g/mol. The zero-order valence-corrected chi connectivity index (χ0v) is 13.0. The lowest BCUT2D eigenvalue weighted by atomic mass is 10.2. The highest BCUT2D eigenvalue weighted by Gasteiger charge is 2.21. The molecule has 24 heavy (non-hydrogen) atoms. The van der Waals surface area contributed by atoms with Crippen molar-refractivity contribution in [3.8, 4) is 11.5 Å². The fourth-order valence-corrected chi connectivity index (χ4v) is 3.27. The van der Waals surface area contributed by atoms with Crippen LogP contribution in [0.1, 0.15) is 15.9 Å². The van der Waals surface area contributed by atoms with Crippen molar-refractivity contribution in [3.05, 3.63) is 53.3 Å². The lowest BCUT2D eigenvalue weighted by Gasteiger charge is -2.09. The van der Waals surface area contributed by atoms with Gasteiger partial charge in [0.05, 0.1) is 5.56 Å². The van der Waals surface area contributed by atoms with Crippen LogP contribution in [0.2, 0.25) is 0 Å². The van der Waals surface area contributed by atoms with Crippen LogP contribution in [-0.4, -0.2) is 26.3 Å². The number of nitrogens with one attached hydrogen (secondary N) is 1. The van der Waals surface area contributed by atoms with Crippen molar-refractivity contribution in [1.29, 1.82) is 0 Å². The van der Waals surface area contributed by atoms with E-state index in [1.54, 1.807) is 18.2 Å². The number of sulfonamides is 1. The first-order valence-electron chi connectivity index (χ1n) is 6.78. The molecular formula is C15H12FNO6S. The molecule has 7 nitrogen and oxygen atoms in total. The first-order valence-corrected chi connectivity index (χ1v) is 8.26. The Morgan fingerprint density at radius 3 is 2.67 bits per heavy atom. The Labute approximate surface area is 136 Å². The van der Waals surface area contributed by atoms with Crippen molar-refractivity contribution in [2.75, 3.05) is 6.79 Å². The number of carboxylic acid groups (broad SMARTS) is 1. The summed E-state index contributed by atoms with van der Waals surface area (Å²) in [7, 11) is -4.22. The molecule has 0 atom stereocenters. The molecule has 0 radical (unpaired) electrons. The summed E-state index contributed by atoms with van der Waals surface area (Å²) >= 11 is 0. The molecule has 0 aromatic heterocycles. The van der Waals surface area contributed by atoms with Crippen LogP contribution in [0, 0.1) is 5.82 Å². The van der Waals surface area contributed by atoms with Crippen LogP contribution in [0.3, 0.4) is 0 Å². The van der Waals surface area contributed by atoms with E-state index in [-0.39, 0.29) is 18.9 Å². The van der Waals surface area contributed by atoms with E-state index in [9.17, 15) is 17.6 Å². The summed E-state index contributed by atoms with van der Waals surface area (Å²) in [5.74, 6) is -1.33. The lowest BCUT2D eigenvalue weighted by molar-refractivity contribution is 0.0696. The van der Waals surface area contributed by atoms with Crippen LogP contribution in [0.25, 0.3) is 0 Å². The van der Waals surface area contributed by atoms with E-state index in [0.29, 0.717) is 17.1 Å². The average Bonchev–Trinajstić information content (AvgIpc) is 3.00. The maximum Gasteiger partial charge on any atom is 0.335 e. The fraction of sp³-hybridized carbons (Fsp3) is 0.133. The molecule has 9 heteroatoms. The minimum atomic E-state index is -4.22. The molecule has 126 valence electrons. The van der Waals surface area contributed by atoms with Crippen molar-refractivity contribution < 1.29 is 32.2 Å². The monoisotopic (exact) mass is 353 g/mol. The minimum Gasteiger partial charge on any atom is -0.478 e. The summed E-state index contributed by atoms with van der Waals surface area (Å²) in [5, 5.41) is 8.90. The molecule has 0 saturated carbocycles. The number of aromatic carboxylic acids is 1. The number of halogens is 1. The molecule has 0 amide bonds. The summed E-state index contributed by atoms with van der Waals surface area (Å²) in [5.41, 5.74) is 0.262. The predicted octanol–water partition coefficient (Wildman–Crippen LogP) is 1.73. The van der Waals surface area contributed by atoms with Crippen molar-refractivity contribution >= 4 is 16.0 Å². The van der Waals surface area contributed by atoms with Crippen molar-refractivity contribution in [2.24, 2.45) is 0 Å². The van der Waals surface area contributed by atoms with Crippen LogP contribution in [0.4, 0.5) is 4.39 Å². The topological polar surface area (TPSA) is 102 Å². The molecule has 0 bridgehead atoms. The maximum atomic E-state index is 13.8. The Kier molecular flexibility index (Phi) is 4.12. The van der Waals surface area contributed by atoms with E-state index < -0.39 is 26.7 Å². The maximum absolute atomic E-state index is 13.8. The molecule has 3 rings (SSSR count). The van der Waals surface area contributed by atoms with Gasteiger partial charge in [-0.1, -0.05) is 6.07 Å². The lowest BCUT2D eigenvalue weighted by Crippen LogP contribution is -2.24. The second-order valence-corrected chi connectivity index (χ2v) is 6.70. The van der Waals surface area contributed by atoms with Crippen LogP contribution in [0.5, 0.6) is 11.5 Å². The predicted molar refractivity (Wildman–Crippen MR) is 79.9 cm³/mol.